The molecule has 4 rings (SSSR count). The molecule has 29 heavy (non-hydrogen) atoms. The van der Waals surface area contributed by atoms with E-state index in [-0.39, 0.29) is 12.2 Å². The molecule has 7 nitrogen and oxygen atoms in total. The summed E-state index contributed by atoms with van der Waals surface area (Å²) in [6.07, 6.45) is 6.54. The summed E-state index contributed by atoms with van der Waals surface area (Å²) in [6.45, 7) is 3.86. The van der Waals surface area contributed by atoms with E-state index in [4.69, 9.17) is 0 Å². The van der Waals surface area contributed by atoms with Crippen LogP contribution < -0.4 is 5.56 Å². The van der Waals surface area contributed by atoms with Crippen molar-refractivity contribution in [3.63, 3.8) is 0 Å². The number of aromatic amines is 1. The van der Waals surface area contributed by atoms with Gasteiger partial charge in [0.1, 0.15) is 5.82 Å². The van der Waals surface area contributed by atoms with Gasteiger partial charge in [-0.05, 0) is 36.9 Å². The van der Waals surface area contributed by atoms with Gasteiger partial charge in [-0.2, -0.15) is 5.10 Å². The van der Waals surface area contributed by atoms with Crippen molar-refractivity contribution in [3.05, 3.63) is 70.4 Å². The molecule has 1 fully saturated rings. The maximum absolute atomic E-state index is 12.1. The summed E-state index contributed by atoms with van der Waals surface area (Å²) in [6, 6.07) is 11.6. The topological polar surface area (TPSA) is 87.0 Å². The molecule has 3 heterocycles. The van der Waals surface area contributed by atoms with Crippen molar-refractivity contribution in [2.75, 3.05) is 19.7 Å². The summed E-state index contributed by atoms with van der Waals surface area (Å²) in [4.78, 5) is 22.0. The highest BCUT2D eigenvalue weighted by Gasteiger charge is 2.19. The standard InChI is InChI=1S/C22H27N5O2/c28-16-18-3-1-10-26(15-18)14-17-4-6-19(7-5-17)22-24-20(13-21(29)25-22)8-12-27-11-2-9-23-27/h2,4-7,9,11,13,18,28H,1,3,8,10,12,14-16H2,(H,24,25,29)/t18-/m0/s1. The smallest absolute Gasteiger partial charge is 0.251 e. The molecule has 0 saturated carbocycles. The highest BCUT2D eigenvalue weighted by atomic mass is 16.3. The first-order chi connectivity index (χ1) is 14.2. The second-order valence-corrected chi connectivity index (χ2v) is 7.73. The zero-order chi connectivity index (χ0) is 20.1. The first-order valence-electron chi connectivity index (χ1n) is 10.2. The van der Waals surface area contributed by atoms with Crippen LogP contribution in [-0.4, -0.2) is 49.5 Å². The molecular formula is C22H27N5O2. The predicted octanol–water partition coefficient (Wildman–Crippen LogP) is 2.08. The first-order valence-corrected chi connectivity index (χ1v) is 10.2. The third-order valence-corrected chi connectivity index (χ3v) is 5.45. The number of nitrogens with one attached hydrogen (secondary N) is 1. The number of hydrogen-bond acceptors (Lipinski definition) is 5. The lowest BCUT2D eigenvalue weighted by Gasteiger charge is -2.31. The zero-order valence-electron chi connectivity index (χ0n) is 16.5. The fourth-order valence-corrected chi connectivity index (χ4v) is 3.90. The Kier molecular flexibility index (Phi) is 6.17. The molecule has 1 aliphatic heterocycles. The molecule has 0 amide bonds. The average molecular weight is 393 g/mol. The SMILES string of the molecule is O=c1cc(CCn2cccn2)nc(-c2ccc(CN3CCC[C@H](CO)C3)cc2)[nH]1. The van der Waals surface area contributed by atoms with Gasteiger partial charge in [-0.1, -0.05) is 24.3 Å². The molecule has 0 radical (unpaired) electrons. The van der Waals surface area contributed by atoms with Crippen molar-refractivity contribution in [1.82, 2.24) is 24.6 Å². The van der Waals surface area contributed by atoms with Crippen LogP contribution in [0.3, 0.4) is 0 Å². The summed E-state index contributed by atoms with van der Waals surface area (Å²) >= 11 is 0. The number of benzene rings is 1. The average Bonchev–Trinajstić information content (AvgIpc) is 3.26. The van der Waals surface area contributed by atoms with Crippen molar-refractivity contribution >= 4 is 0 Å². The molecule has 1 saturated heterocycles. The molecule has 1 aliphatic rings. The Balaban J connectivity index is 1.43. The Labute approximate surface area is 170 Å². The second kappa shape index (κ2) is 9.15. The molecule has 0 unspecified atom stereocenters. The number of H-pyrrole nitrogens is 1. The van der Waals surface area contributed by atoms with Crippen LogP contribution in [0.1, 0.15) is 24.1 Å². The summed E-state index contributed by atoms with van der Waals surface area (Å²) in [7, 11) is 0. The van der Waals surface area contributed by atoms with Crippen LogP contribution in [0.5, 0.6) is 0 Å². The van der Waals surface area contributed by atoms with E-state index in [1.807, 2.05) is 29.1 Å². The molecule has 2 aromatic heterocycles. The van der Waals surface area contributed by atoms with Gasteiger partial charge in [0.25, 0.3) is 5.56 Å². The molecule has 0 spiro atoms. The number of piperidine rings is 1. The van der Waals surface area contributed by atoms with Gasteiger partial charge in [-0.15, -0.1) is 0 Å². The normalized spacial score (nSPS) is 17.5. The molecular weight excluding hydrogens is 366 g/mol. The molecule has 1 atom stereocenters. The van der Waals surface area contributed by atoms with E-state index in [1.54, 1.807) is 12.3 Å². The molecule has 0 aliphatic carbocycles. The molecule has 3 aromatic rings. The van der Waals surface area contributed by atoms with Crippen LogP contribution in [0, 0.1) is 5.92 Å². The van der Waals surface area contributed by atoms with Crippen LogP contribution in [0.25, 0.3) is 11.4 Å². The monoisotopic (exact) mass is 393 g/mol. The van der Waals surface area contributed by atoms with Gasteiger partial charge < -0.3 is 10.1 Å². The number of hydrogen-bond donors (Lipinski definition) is 2. The van der Waals surface area contributed by atoms with Crippen LogP contribution >= 0.6 is 0 Å². The van der Waals surface area contributed by atoms with E-state index in [0.717, 1.165) is 43.7 Å². The van der Waals surface area contributed by atoms with Crippen LogP contribution in [0.4, 0.5) is 0 Å². The van der Waals surface area contributed by atoms with Gasteiger partial charge in [-0.25, -0.2) is 4.98 Å². The minimum Gasteiger partial charge on any atom is -0.396 e. The third-order valence-electron chi connectivity index (χ3n) is 5.45. The van der Waals surface area contributed by atoms with Crippen molar-refractivity contribution in [2.24, 2.45) is 5.92 Å². The number of aryl methyl sites for hydroxylation is 2. The van der Waals surface area contributed by atoms with Gasteiger partial charge in [0.05, 0.1) is 5.69 Å². The van der Waals surface area contributed by atoms with Crippen molar-refractivity contribution in [1.29, 1.82) is 0 Å². The first kappa shape index (κ1) is 19.5. The molecule has 152 valence electrons. The Hall–Kier alpha value is -2.77. The van der Waals surface area contributed by atoms with E-state index in [2.05, 4.69) is 32.1 Å². The van der Waals surface area contributed by atoms with Gasteiger partial charge >= 0.3 is 0 Å². The third kappa shape index (κ3) is 5.19. The summed E-state index contributed by atoms with van der Waals surface area (Å²) in [5.74, 6) is 0.986. The molecule has 2 N–H and O–H groups in total. The van der Waals surface area contributed by atoms with Crippen molar-refractivity contribution in [3.8, 4) is 11.4 Å². The maximum atomic E-state index is 12.1. The lowest BCUT2D eigenvalue weighted by Crippen LogP contribution is -2.36. The van der Waals surface area contributed by atoms with Gasteiger partial charge in [0.2, 0.25) is 0 Å². The highest BCUT2D eigenvalue weighted by Crippen LogP contribution is 2.20. The van der Waals surface area contributed by atoms with E-state index in [9.17, 15) is 9.90 Å². The lowest BCUT2D eigenvalue weighted by atomic mass is 9.98. The Morgan fingerprint density at radius 2 is 2.10 bits per heavy atom. The van der Waals surface area contributed by atoms with Crippen molar-refractivity contribution < 1.29 is 5.11 Å². The fourth-order valence-electron chi connectivity index (χ4n) is 3.90. The highest BCUT2D eigenvalue weighted by molar-refractivity contribution is 5.55. The Bertz CT molecular complexity index is 966. The van der Waals surface area contributed by atoms with E-state index < -0.39 is 0 Å². The van der Waals surface area contributed by atoms with Gasteiger partial charge in [0.15, 0.2) is 0 Å². The fraction of sp³-hybridized carbons (Fsp3) is 0.409. The number of aliphatic hydroxyl groups is 1. The maximum Gasteiger partial charge on any atom is 0.251 e. The number of aliphatic hydroxyl groups excluding tert-OH is 1. The number of nitrogens with zero attached hydrogens (tertiary/aromatic N) is 4. The number of likely N-dealkylation sites (tertiary alicyclic amines) is 1. The number of aromatic nitrogens is 4. The predicted molar refractivity (Wildman–Crippen MR) is 111 cm³/mol. The summed E-state index contributed by atoms with van der Waals surface area (Å²) < 4.78 is 1.83. The minimum absolute atomic E-state index is 0.141. The van der Waals surface area contributed by atoms with E-state index >= 15 is 0 Å². The van der Waals surface area contributed by atoms with Gasteiger partial charge in [0, 0.05) is 56.7 Å². The second-order valence-electron chi connectivity index (χ2n) is 7.73. The van der Waals surface area contributed by atoms with Crippen molar-refractivity contribution in [2.45, 2.75) is 32.4 Å². The number of rotatable bonds is 7. The minimum atomic E-state index is -0.141. The van der Waals surface area contributed by atoms with E-state index in [1.165, 1.54) is 5.56 Å². The molecule has 1 aromatic carbocycles. The zero-order valence-corrected chi connectivity index (χ0v) is 16.5. The Morgan fingerprint density at radius 1 is 1.24 bits per heavy atom. The van der Waals surface area contributed by atoms with E-state index in [0.29, 0.717) is 24.7 Å². The van der Waals surface area contributed by atoms with Crippen LogP contribution in [0.2, 0.25) is 0 Å². The van der Waals surface area contributed by atoms with Gasteiger partial charge in [-0.3, -0.25) is 14.4 Å². The molecule has 7 heteroatoms. The largest absolute Gasteiger partial charge is 0.396 e. The summed E-state index contributed by atoms with van der Waals surface area (Å²) in [5, 5.41) is 13.6. The summed E-state index contributed by atoms with van der Waals surface area (Å²) in [5.41, 5.74) is 2.74. The van der Waals surface area contributed by atoms with Crippen LogP contribution in [0.15, 0.2) is 53.6 Å². The molecule has 0 bridgehead atoms. The quantitative estimate of drug-likeness (QED) is 0.642. The van der Waals surface area contributed by atoms with Crippen LogP contribution in [-0.2, 0) is 19.5 Å². The lowest BCUT2D eigenvalue weighted by molar-refractivity contribution is 0.116. The Morgan fingerprint density at radius 3 is 2.86 bits per heavy atom.